The van der Waals surface area contributed by atoms with Gasteiger partial charge in [-0.2, -0.15) is 0 Å². The highest BCUT2D eigenvalue weighted by molar-refractivity contribution is 5.44. The molecule has 4 heteroatoms. The smallest absolute Gasteiger partial charge is 0.128 e. The molecule has 21 heavy (non-hydrogen) atoms. The van der Waals surface area contributed by atoms with Crippen molar-refractivity contribution >= 4 is 0 Å². The Morgan fingerprint density at radius 3 is 2.43 bits per heavy atom. The topological polar surface area (TPSA) is 38.7 Å². The van der Waals surface area contributed by atoms with E-state index >= 15 is 0 Å². The largest absolute Gasteiger partial charge is 0.497 e. The molecule has 0 aliphatic carbocycles. The van der Waals surface area contributed by atoms with E-state index in [1.807, 2.05) is 0 Å². The average Bonchev–Trinajstić information content (AvgIpc) is 2.48. The molecule has 0 aliphatic heterocycles. The third-order valence-electron chi connectivity index (χ3n) is 3.48. The Bertz CT molecular complexity index is 623. The molecule has 0 aliphatic rings. The molecule has 0 saturated heterocycles. The first-order valence-corrected chi connectivity index (χ1v) is 6.66. The number of hydrogen-bond acceptors (Lipinski definition) is 3. The quantitative estimate of drug-likeness (QED) is 0.918. The number of ether oxygens (including phenoxy) is 2. The van der Waals surface area contributed by atoms with Crippen molar-refractivity contribution in [3.63, 3.8) is 0 Å². The van der Waals surface area contributed by atoms with Gasteiger partial charge in [-0.1, -0.05) is 18.2 Å². The number of benzene rings is 2. The van der Waals surface area contributed by atoms with Gasteiger partial charge in [-0.15, -0.1) is 0 Å². The molecule has 2 rings (SSSR count). The number of aliphatic hydroxyl groups is 1. The Labute approximate surface area is 124 Å². The standard InChI is InChI=1S/C17H19FO3/c1-17(19,11-12-6-4-5-7-15(12)18)14-9-8-13(20-2)10-16(14)21-3/h4-10,19H,11H2,1-3H3. The van der Waals surface area contributed by atoms with Crippen LogP contribution in [-0.4, -0.2) is 19.3 Å². The summed E-state index contributed by atoms with van der Waals surface area (Å²) in [5.74, 6) is 0.818. The van der Waals surface area contributed by atoms with Gasteiger partial charge in [-0.3, -0.25) is 0 Å². The van der Waals surface area contributed by atoms with Crippen molar-refractivity contribution in [2.45, 2.75) is 18.9 Å². The molecule has 0 heterocycles. The second kappa shape index (κ2) is 6.14. The van der Waals surface area contributed by atoms with Crippen LogP contribution in [0.2, 0.25) is 0 Å². The van der Waals surface area contributed by atoms with Gasteiger partial charge in [-0.25, -0.2) is 4.39 Å². The molecule has 1 N–H and O–H groups in total. The lowest BCUT2D eigenvalue weighted by molar-refractivity contribution is 0.0540. The van der Waals surface area contributed by atoms with Crippen LogP contribution in [0.25, 0.3) is 0 Å². The predicted octanol–water partition coefficient (Wildman–Crippen LogP) is 3.29. The molecule has 2 aromatic carbocycles. The van der Waals surface area contributed by atoms with E-state index in [4.69, 9.17) is 9.47 Å². The van der Waals surface area contributed by atoms with E-state index in [9.17, 15) is 9.50 Å². The van der Waals surface area contributed by atoms with Crippen molar-refractivity contribution in [3.8, 4) is 11.5 Å². The fourth-order valence-electron chi connectivity index (χ4n) is 2.35. The van der Waals surface area contributed by atoms with Crippen molar-refractivity contribution in [2.24, 2.45) is 0 Å². The van der Waals surface area contributed by atoms with Crippen molar-refractivity contribution in [1.29, 1.82) is 0 Å². The fourth-order valence-corrected chi connectivity index (χ4v) is 2.35. The summed E-state index contributed by atoms with van der Waals surface area (Å²) in [7, 11) is 3.09. The van der Waals surface area contributed by atoms with E-state index in [0.29, 0.717) is 22.6 Å². The molecule has 0 bridgehead atoms. The van der Waals surface area contributed by atoms with Crippen LogP contribution in [0.1, 0.15) is 18.1 Å². The van der Waals surface area contributed by atoms with E-state index in [0.717, 1.165) is 0 Å². The normalized spacial score (nSPS) is 13.6. The minimum absolute atomic E-state index is 0.155. The van der Waals surface area contributed by atoms with Gasteiger partial charge < -0.3 is 14.6 Å². The molecule has 1 atom stereocenters. The van der Waals surface area contributed by atoms with Crippen LogP contribution < -0.4 is 9.47 Å². The minimum atomic E-state index is -1.25. The molecular formula is C17H19FO3. The highest BCUT2D eigenvalue weighted by atomic mass is 19.1. The summed E-state index contributed by atoms with van der Waals surface area (Å²) in [6.07, 6.45) is 0.155. The number of hydrogen-bond donors (Lipinski definition) is 1. The van der Waals surface area contributed by atoms with Gasteiger partial charge in [0.15, 0.2) is 0 Å². The molecule has 0 spiro atoms. The summed E-state index contributed by atoms with van der Waals surface area (Å²) in [6, 6.07) is 11.6. The summed E-state index contributed by atoms with van der Waals surface area (Å²) in [5.41, 5.74) is -0.200. The first-order valence-electron chi connectivity index (χ1n) is 6.66. The SMILES string of the molecule is COc1ccc(C(C)(O)Cc2ccccc2F)c(OC)c1. The van der Waals surface area contributed by atoms with Crippen molar-refractivity contribution in [1.82, 2.24) is 0 Å². The lowest BCUT2D eigenvalue weighted by atomic mass is 9.88. The molecule has 3 nitrogen and oxygen atoms in total. The summed E-state index contributed by atoms with van der Waals surface area (Å²) >= 11 is 0. The van der Waals surface area contributed by atoms with Crippen LogP contribution in [0.15, 0.2) is 42.5 Å². The van der Waals surface area contributed by atoms with E-state index < -0.39 is 5.60 Å². The highest BCUT2D eigenvalue weighted by Crippen LogP contribution is 2.35. The van der Waals surface area contributed by atoms with E-state index in [2.05, 4.69) is 0 Å². The van der Waals surface area contributed by atoms with Gasteiger partial charge in [0, 0.05) is 18.1 Å². The van der Waals surface area contributed by atoms with Crippen LogP contribution in [0.5, 0.6) is 11.5 Å². The maximum absolute atomic E-state index is 13.8. The zero-order valence-corrected chi connectivity index (χ0v) is 12.4. The maximum Gasteiger partial charge on any atom is 0.128 e. The third-order valence-corrected chi connectivity index (χ3v) is 3.48. The van der Waals surface area contributed by atoms with Crippen LogP contribution in [-0.2, 0) is 12.0 Å². The van der Waals surface area contributed by atoms with Crippen LogP contribution in [0.4, 0.5) is 4.39 Å². The number of halogens is 1. The van der Waals surface area contributed by atoms with Gasteiger partial charge in [0.05, 0.1) is 19.8 Å². The lowest BCUT2D eigenvalue weighted by Crippen LogP contribution is -2.25. The van der Waals surface area contributed by atoms with Crippen molar-refractivity contribution in [3.05, 3.63) is 59.4 Å². The monoisotopic (exact) mass is 290 g/mol. The zero-order valence-electron chi connectivity index (χ0n) is 12.4. The first kappa shape index (κ1) is 15.3. The molecular weight excluding hydrogens is 271 g/mol. The molecule has 0 aromatic heterocycles. The van der Waals surface area contributed by atoms with E-state index in [1.165, 1.54) is 13.2 Å². The molecule has 0 saturated carbocycles. The molecule has 0 fully saturated rings. The molecule has 0 amide bonds. The highest BCUT2D eigenvalue weighted by Gasteiger charge is 2.28. The van der Waals surface area contributed by atoms with Crippen LogP contribution in [0, 0.1) is 5.82 Å². The Morgan fingerprint density at radius 2 is 1.81 bits per heavy atom. The third kappa shape index (κ3) is 3.34. The second-order valence-electron chi connectivity index (χ2n) is 5.11. The van der Waals surface area contributed by atoms with Crippen LogP contribution >= 0.6 is 0 Å². The summed E-state index contributed by atoms with van der Waals surface area (Å²) in [5, 5.41) is 10.8. The lowest BCUT2D eigenvalue weighted by Gasteiger charge is -2.26. The summed E-state index contributed by atoms with van der Waals surface area (Å²) in [6.45, 7) is 1.64. The van der Waals surface area contributed by atoms with E-state index in [-0.39, 0.29) is 12.2 Å². The van der Waals surface area contributed by atoms with Gasteiger partial charge in [0.25, 0.3) is 0 Å². The van der Waals surface area contributed by atoms with Crippen molar-refractivity contribution < 1.29 is 19.0 Å². The summed E-state index contributed by atoms with van der Waals surface area (Å²) < 4.78 is 24.2. The second-order valence-corrected chi connectivity index (χ2v) is 5.11. The number of rotatable bonds is 5. The van der Waals surface area contributed by atoms with Gasteiger partial charge in [-0.05, 0) is 30.7 Å². The van der Waals surface area contributed by atoms with Crippen LogP contribution in [0.3, 0.4) is 0 Å². The van der Waals surface area contributed by atoms with Gasteiger partial charge in [0.1, 0.15) is 17.3 Å². The Hall–Kier alpha value is -2.07. The van der Waals surface area contributed by atoms with E-state index in [1.54, 1.807) is 50.4 Å². The molecule has 2 aromatic rings. The van der Waals surface area contributed by atoms with Gasteiger partial charge >= 0.3 is 0 Å². The fraction of sp³-hybridized carbons (Fsp3) is 0.294. The first-order chi connectivity index (χ1) is 9.97. The summed E-state index contributed by atoms with van der Waals surface area (Å²) in [4.78, 5) is 0. The molecule has 112 valence electrons. The minimum Gasteiger partial charge on any atom is -0.497 e. The average molecular weight is 290 g/mol. The zero-order chi connectivity index (χ0) is 15.5. The number of methoxy groups -OCH3 is 2. The van der Waals surface area contributed by atoms with Gasteiger partial charge in [0.2, 0.25) is 0 Å². The molecule has 0 radical (unpaired) electrons. The predicted molar refractivity (Wildman–Crippen MR) is 79.2 cm³/mol. The Kier molecular flexibility index (Phi) is 4.48. The molecule has 1 unspecified atom stereocenters. The Morgan fingerprint density at radius 1 is 1.10 bits per heavy atom. The van der Waals surface area contributed by atoms with Crippen molar-refractivity contribution in [2.75, 3.05) is 14.2 Å². The maximum atomic E-state index is 13.8. The Balaban J connectivity index is 2.37.